The summed E-state index contributed by atoms with van der Waals surface area (Å²) in [5.74, 6) is 0.769. The van der Waals surface area contributed by atoms with Crippen LogP contribution in [0.2, 0.25) is 0 Å². The van der Waals surface area contributed by atoms with Gasteiger partial charge >= 0.3 is 0 Å². The Bertz CT molecular complexity index is 824. The molecular formula is C18H19N3O2. The van der Waals surface area contributed by atoms with E-state index in [0.29, 0.717) is 5.56 Å². The number of H-pyrrole nitrogens is 1. The lowest BCUT2D eigenvalue weighted by molar-refractivity contribution is 0.0744. The van der Waals surface area contributed by atoms with Crippen molar-refractivity contribution in [2.24, 2.45) is 0 Å². The van der Waals surface area contributed by atoms with Gasteiger partial charge in [-0.1, -0.05) is 12.1 Å². The number of carbonyl (C=O) groups excluding carboxylic acids is 1. The Hall–Kier alpha value is -2.82. The Kier molecular flexibility index (Phi) is 4.02. The molecule has 0 aliphatic carbocycles. The molecule has 2 heterocycles. The van der Waals surface area contributed by atoms with Crippen LogP contribution in [0.1, 0.15) is 28.9 Å². The predicted octanol–water partition coefficient (Wildman–Crippen LogP) is 3.40. The van der Waals surface area contributed by atoms with E-state index in [1.54, 1.807) is 24.4 Å². The summed E-state index contributed by atoms with van der Waals surface area (Å²) in [6.45, 7) is 2.01. The molecule has 3 aromatic rings. The first-order chi connectivity index (χ1) is 11.1. The van der Waals surface area contributed by atoms with Gasteiger partial charge < -0.3 is 14.6 Å². The molecule has 0 aliphatic rings. The van der Waals surface area contributed by atoms with E-state index < -0.39 is 0 Å². The predicted molar refractivity (Wildman–Crippen MR) is 89.6 cm³/mol. The van der Waals surface area contributed by atoms with Crippen molar-refractivity contribution in [3.63, 3.8) is 0 Å². The van der Waals surface area contributed by atoms with Crippen LogP contribution in [0, 0.1) is 0 Å². The number of aromatic amines is 1. The largest absolute Gasteiger partial charge is 0.497 e. The highest BCUT2D eigenvalue weighted by atomic mass is 16.5. The number of hydrogen-bond donors (Lipinski definition) is 1. The van der Waals surface area contributed by atoms with Gasteiger partial charge in [-0.3, -0.25) is 4.79 Å². The van der Waals surface area contributed by atoms with Crippen molar-refractivity contribution in [2.45, 2.75) is 13.0 Å². The van der Waals surface area contributed by atoms with E-state index >= 15 is 0 Å². The number of amides is 1. The number of aromatic nitrogens is 2. The van der Waals surface area contributed by atoms with Crippen molar-refractivity contribution >= 4 is 16.9 Å². The number of fused-ring (bicyclic) bond motifs is 1. The van der Waals surface area contributed by atoms with Gasteiger partial charge in [-0.05, 0) is 36.8 Å². The molecule has 1 aromatic carbocycles. The molecular weight excluding hydrogens is 290 g/mol. The zero-order chi connectivity index (χ0) is 16.4. The number of ether oxygens (including phenoxy) is 1. The molecule has 0 saturated carbocycles. The Balaban J connectivity index is 1.86. The Morgan fingerprint density at radius 3 is 2.70 bits per heavy atom. The van der Waals surface area contributed by atoms with Gasteiger partial charge in [0, 0.05) is 24.8 Å². The van der Waals surface area contributed by atoms with Crippen molar-refractivity contribution < 1.29 is 9.53 Å². The average molecular weight is 309 g/mol. The molecule has 1 unspecified atom stereocenters. The molecule has 23 heavy (non-hydrogen) atoms. The second kappa shape index (κ2) is 6.12. The molecule has 1 N–H and O–H groups in total. The number of methoxy groups -OCH3 is 1. The summed E-state index contributed by atoms with van der Waals surface area (Å²) >= 11 is 0. The highest BCUT2D eigenvalue weighted by molar-refractivity contribution is 6.05. The van der Waals surface area contributed by atoms with Crippen molar-refractivity contribution in [3.05, 3.63) is 59.9 Å². The maximum Gasteiger partial charge on any atom is 0.256 e. The fourth-order valence-corrected chi connectivity index (χ4v) is 2.60. The molecule has 5 nitrogen and oxygen atoms in total. The van der Waals surface area contributed by atoms with Gasteiger partial charge in [-0.25, -0.2) is 4.98 Å². The highest BCUT2D eigenvalue weighted by Gasteiger charge is 2.21. The lowest BCUT2D eigenvalue weighted by Crippen LogP contribution is -2.29. The van der Waals surface area contributed by atoms with Crippen LogP contribution in [0.5, 0.6) is 5.75 Å². The first-order valence-corrected chi connectivity index (χ1v) is 7.45. The number of carbonyl (C=O) groups is 1. The van der Waals surface area contributed by atoms with Gasteiger partial charge in [0.15, 0.2) is 0 Å². The number of benzene rings is 1. The van der Waals surface area contributed by atoms with Gasteiger partial charge in [-0.15, -0.1) is 0 Å². The van der Waals surface area contributed by atoms with Gasteiger partial charge in [0.25, 0.3) is 5.91 Å². The summed E-state index contributed by atoms with van der Waals surface area (Å²) in [6.07, 6.45) is 3.42. The molecule has 1 amide bonds. The van der Waals surface area contributed by atoms with E-state index in [9.17, 15) is 4.79 Å². The quantitative estimate of drug-likeness (QED) is 0.803. The molecule has 0 spiro atoms. The number of nitrogens with zero attached hydrogens (tertiary/aromatic N) is 2. The third-order valence-electron chi connectivity index (χ3n) is 4.18. The fraction of sp³-hybridized carbons (Fsp3) is 0.222. The molecule has 0 radical (unpaired) electrons. The van der Waals surface area contributed by atoms with Crippen molar-refractivity contribution in [1.29, 1.82) is 0 Å². The molecule has 2 aromatic heterocycles. The summed E-state index contributed by atoms with van der Waals surface area (Å²) in [5.41, 5.74) is 2.41. The number of nitrogens with one attached hydrogen (secondary N) is 1. The summed E-state index contributed by atoms with van der Waals surface area (Å²) < 4.78 is 5.17. The molecule has 0 fully saturated rings. The fourth-order valence-electron chi connectivity index (χ4n) is 2.60. The smallest absolute Gasteiger partial charge is 0.256 e. The van der Waals surface area contributed by atoms with E-state index in [-0.39, 0.29) is 11.9 Å². The van der Waals surface area contributed by atoms with Crippen LogP contribution in [0.4, 0.5) is 0 Å². The third-order valence-corrected chi connectivity index (χ3v) is 4.18. The topological polar surface area (TPSA) is 58.2 Å². The van der Waals surface area contributed by atoms with E-state index in [1.165, 1.54) is 0 Å². The molecule has 0 saturated heterocycles. The van der Waals surface area contributed by atoms with Gasteiger partial charge in [0.1, 0.15) is 11.4 Å². The van der Waals surface area contributed by atoms with Crippen LogP contribution in [-0.4, -0.2) is 34.9 Å². The number of hydrogen-bond acceptors (Lipinski definition) is 3. The minimum absolute atomic E-state index is 0.0347. The van der Waals surface area contributed by atoms with Crippen LogP contribution < -0.4 is 4.74 Å². The summed E-state index contributed by atoms with van der Waals surface area (Å²) in [6, 6.07) is 11.4. The SMILES string of the molecule is COc1ccc(C(C)N(C)C(=O)c2c[nH]c3ncccc23)cc1. The summed E-state index contributed by atoms with van der Waals surface area (Å²) in [5, 5.41) is 0.839. The standard InChI is InChI=1S/C18H19N3O2/c1-12(13-6-8-14(23-3)9-7-13)21(2)18(22)16-11-20-17-15(16)5-4-10-19-17/h4-12H,1-3H3,(H,19,20). The Labute approximate surface area is 134 Å². The van der Waals surface area contributed by atoms with Crippen LogP contribution in [0.3, 0.4) is 0 Å². The molecule has 0 bridgehead atoms. The maximum atomic E-state index is 12.8. The van der Waals surface area contributed by atoms with Crippen LogP contribution in [0.15, 0.2) is 48.8 Å². The van der Waals surface area contributed by atoms with Crippen LogP contribution >= 0.6 is 0 Å². The Morgan fingerprint density at radius 2 is 2.00 bits per heavy atom. The van der Waals surface area contributed by atoms with Crippen molar-refractivity contribution in [1.82, 2.24) is 14.9 Å². The monoisotopic (exact) mass is 309 g/mol. The molecule has 0 aliphatic heterocycles. The van der Waals surface area contributed by atoms with E-state index in [4.69, 9.17) is 4.74 Å². The molecule has 1 atom stereocenters. The van der Waals surface area contributed by atoms with Gasteiger partial charge in [-0.2, -0.15) is 0 Å². The number of rotatable bonds is 4. The van der Waals surface area contributed by atoms with Crippen LogP contribution in [-0.2, 0) is 0 Å². The lowest BCUT2D eigenvalue weighted by Gasteiger charge is -2.25. The summed E-state index contributed by atoms with van der Waals surface area (Å²) in [4.78, 5) is 21.8. The molecule has 3 rings (SSSR count). The third kappa shape index (κ3) is 2.77. The normalized spacial score (nSPS) is 12.1. The average Bonchev–Trinajstić information content (AvgIpc) is 3.04. The number of pyridine rings is 1. The minimum atomic E-state index is -0.0463. The second-order valence-corrected chi connectivity index (χ2v) is 5.47. The van der Waals surface area contributed by atoms with E-state index in [0.717, 1.165) is 22.3 Å². The minimum Gasteiger partial charge on any atom is -0.497 e. The zero-order valence-electron chi connectivity index (χ0n) is 13.4. The highest BCUT2D eigenvalue weighted by Crippen LogP contribution is 2.25. The van der Waals surface area contributed by atoms with Crippen molar-refractivity contribution in [2.75, 3.05) is 14.2 Å². The van der Waals surface area contributed by atoms with Crippen molar-refractivity contribution in [3.8, 4) is 5.75 Å². The Morgan fingerprint density at radius 1 is 1.26 bits per heavy atom. The van der Waals surface area contributed by atoms with Gasteiger partial charge in [0.05, 0.1) is 18.7 Å². The maximum absolute atomic E-state index is 12.8. The van der Waals surface area contributed by atoms with Gasteiger partial charge in [0.2, 0.25) is 0 Å². The second-order valence-electron chi connectivity index (χ2n) is 5.47. The lowest BCUT2D eigenvalue weighted by atomic mass is 10.1. The van der Waals surface area contributed by atoms with E-state index in [2.05, 4.69) is 9.97 Å². The first kappa shape index (κ1) is 15.1. The van der Waals surface area contributed by atoms with E-state index in [1.807, 2.05) is 50.4 Å². The zero-order valence-corrected chi connectivity index (χ0v) is 13.4. The molecule has 118 valence electrons. The van der Waals surface area contributed by atoms with Crippen LogP contribution in [0.25, 0.3) is 11.0 Å². The first-order valence-electron chi connectivity index (χ1n) is 7.45. The summed E-state index contributed by atoms with van der Waals surface area (Å²) in [7, 11) is 3.45. The molecule has 5 heteroatoms.